The van der Waals surface area contributed by atoms with Gasteiger partial charge < -0.3 is 19.0 Å². The number of ether oxygens (including phenoxy) is 1. The Bertz CT molecular complexity index is 749. The van der Waals surface area contributed by atoms with Crippen molar-refractivity contribution in [2.75, 3.05) is 32.8 Å². The molecule has 2 aliphatic rings. The van der Waals surface area contributed by atoms with E-state index in [1.54, 1.807) is 6.07 Å². The van der Waals surface area contributed by atoms with Gasteiger partial charge in [0.2, 0.25) is 0 Å². The molecule has 1 atom stereocenters. The number of carbonyl (C=O) groups is 2. The van der Waals surface area contributed by atoms with Crippen LogP contribution in [0.1, 0.15) is 43.8 Å². The summed E-state index contributed by atoms with van der Waals surface area (Å²) < 4.78 is 10.3. The van der Waals surface area contributed by atoms with Crippen LogP contribution in [0.15, 0.2) is 35.1 Å². The first kappa shape index (κ1) is 16.4. The molecule has 2 saturated heterocycles. The van der Waals surface area contributed by atoms with Crippen LogP contribution in [0.25, 0.3) is 0 Å². The molecule has 2 aromatic heterocycles. The normalized spacial score (nSPS) is 20.9. The van der Waals surface area contributed by atoms with Crippen LogP contribution in [0.3, 0.4) is 0 Å². The van der Waals surface area contributed by atoms with Crippen molar-refractivity contribution in [3.05, 3.63) is 46.0 Å². The summed E-state index contributed by atoms with van der Waals surface area (Å²) in [6, 6.07) is 5.61. The zero-order valence-electron chi connectivity index (χ0n) is 13.8. The Hall–Kier alpha value is -2.12. The number of likely N-dealkylation sites (tertiary alicyclic amines) is 1. The minimum atomic E-state index is -0.00861. The highest BCUT2D eigenvalue weighted by Crippen LogP contribution is 2.37. The molecule has 2 fully saturated rings. The van der Waals surface area contributed by atoms with E-state index in [-0.39, 0.29) is 17.9 Å². The van der Waals surface area contributed by atoms with E-state index in [1.807, 2.05) is 21.9 Å². The van der Waals surface area contributed by atoms with Gasteiger partial charge in [-0.25, -0.2) is 0 Å². The monoisotopic (exact) mass is 360 g/mol. The predicted octanol–water partition coefficient (Wildman–Crippen LogP) is 2.79. The van der Waals surface area contributed by atoms with Gasteiger partial charge in [0.15, 0.2) is 0 Å². The summed E-state index contributed by atoms with van der Waals surface area (Å²) in [6.45, 7) is 3.21. The number of rotatable bonds is 3. The highest BCUT2D eigenvalue weighted by atomic mass is 32.1. The van der Waals surface area contributed by atoms with E-state index in [1.165, 1.54) is 23.9 Å². The standard InChI is InChI=1S/C18H20N2O4S/c21-17(13-5-9-24-12-13)20-6-1-2-14(20)15-3-4-16(25-15)18(22)19-7-10-23-11-8-19/h3-5,9,12,14H,1-2,6-8,10-11H2/t14-/m1/s1. The van der Waals surface area contributed by atoms with E-state index in [0.29, 0.717) is 31.9 Å². The van der Waals surface area contributed by atoms with Crippen LogP contribution in [0.5, 0.6) is 0 Å². The number of thiophene rings is 1. The molecule has 0 N–H and O–H groups in total. The lowest BCUT2D eigenvalue weighted by atomic mass is 10.1. The van der Waals surface area contributed by atoms with Crippen molar-refractivity contribution in [2.24, 2.45) is 0 Å². The molecule has 0 unspecified atom stereocenters. The average molecular weight is 360 g/mol. The fourth-order valence-electron chi connectivity index (χ4n) is 3.43. The number of hydrogen-bond acceptors (Lipinski definition) is 5. The van der Waals surface area contributed by atoms with Crippen molar-refractivity contribution in [1.29, 1.82) is 0 Å². The van der Waals surface area contributed by atoms with Crippen molar-refractivity contribution >= 4 is 23.2 Å². The summed E-state index contributed by atoms with van der Waals surface area (Å²) >= 11 is 1.50. The number of hydrogen-bond donors (Lipinski definition) is 0. The molecular formula is C18H20N2O4S. The Labute approximate surface area is 150 Å². The molecule has 25 heavy (non-hydrogen) atoms. The average Bonchev–Trinajstić information content (AvgIpc) is 3.42. The Morgan fingerprint density at radius 2 is 1.92 bits per heavy atom. The van der Waals surface area contributed by atoms with Crippen molar-refractivity contribution in [3.8, 4) is 0 Å². The Morgan fingerprint density at radius 1 is 1.08 bits per heavy atom. The van der Waals surface area contributed by atoms with Gasteiger partial charge >= 0.3 is 0 Å². The van der Waals surface area contributed by atoms with Crippen LogP contribution in [0.2, 0.25) is 0 Å². The van der Waals surface area contributed by atoms with Gasteiger partial charge in [0, 0.05) is 24.5 Å². The molecule has 0 radical (unpaired) electrons. The smallest absolute Gasteiger partial charge is 0.264 e. The molecular weight excluding hydrogens is 340 g/mol. The molecule has 0 bridgehead atoms. The minimum absolute atomic E-state index is 0.00861. The summed E-state index contributed by atoms with van der Waals surface area (Å²) in [5, 5.41) is 0. The van der Waals surface area contributed by atoms with E-state index in [4.69, 9.17) is 9.15 Å². The highest BCUT2D eigenvalue weighted by molar-refractivity contribution is 7.14. The fourth-order valence-corrected chi connectivity index (χ4v) is 4.55. The highest BCUT2D eigenvalue weighted by Gasteiger charge is 2.32. The number of nitrogens with zero attached hydrogens (tertiary/aromatic N) is 2. The van der Waals surface area contributed by atoms with Crippen LogP contribution < -0.4 is 0 Å². The van der Waals surface area contributed by atoms with Gasteiger partial charge in [-0.1, -0.05) is 0 Å². The molecule has 2 aromatic rings. The maximum atomic E-state index is 12.7. The van der Waals surface area contributed by atoms with Crippen LogP contribution >= 0.6 is 11.3 Å². The molecule has 4 rings (SSSR count). The van der Waals surface area contributed by atoms with E-state index < -0.39 is 0 Å². The van der Waals surface area contributed by atoms with Gasteiger partial charge in [-0.3, -0.25) is 9.59 Å². The van der Waals surface area contributed by atoms with Crippen molar-refractivity contribution in [3.63, 3.8) is 0 Å². The van der Waals surface area contributed by atoms with Crippen LogP contribution in [0, 0.1) is 0 Å². The lowest BCUT2D eigenvalue weighted by molar-refractivity contribution is 0.0306. The molecule has 4 heterocycles. The first-order valence-electron chi connectivity index (χ1n) is 8.54. The molecule has 2 aliphatic heterocycles. The molecule has 0 saturated carbocycles. The van der Waals surface area contributed by atoms with Gasteiger partial charge in [0.05, 0.1) is 36.0 Å². The molecule has 7 heteroatoms. The zero-order valence-corrected chi connectivity index (χ0v) is 14.7. The number of morpholine rings is 1. The van der Waals surface area contributed by atoms with Crippen LogP contribution in [-0.4, -0.2) is 54.5 Å². The summed E-state index contributed by atoms with van der Waals surface area (Å²) in [6.07, 6.45) is 4.90. The third-order valence-electron chi connectivity index (χ3n) is 4.75. The minimum Gasteiger partial charge on any atom is -0.472 e. The largest absolute Gasteiger partial charge is 0.472 e. The van der Waals surface area contributed by atoms with Crippen LogP contribution in [-0.2, 0) is 4.74 Å². The molecule has 0 spiro atoms. The lowest BCUT2D eigenvalue weighted by Crippen LogP contribution is -2.40. The maximum Gasteiger partial charge on any atom is 0.264 e. The van der Waals surface area contributed by atoms with E-state index in [0.717, 1.165) is 29.1 Å². The Kier molecular flexibility index (Phi) is 4.59. The van der Waals surface area contributed by atoms with Crippen molar-refractivity contribution in [2.45, 2.75) is 18.9 Å². The quantitative estimate of drug-likeness (QED) is 0.844. The summed E-state index contributed by atoms with van der Waals surface area (Å²) in [7, 11) is 0. The third-order valence-corrected chi connectivity index (χ3v) is 5.92. The number of amides is 2. The second kappa shape index (κ2) is 7.01. The second-order valence-corrected chi connectivity index (χ2v) is 7.39. The SMILES string of the molecule is O=C(c1ccc([C@H]2CCCN2C(=O)c2ccoc2)s1)N1CCOCC1. The van der Waals surface area contributed by atoms with E-state index >= 15 is 0 Å². The molecule has 132 valence electrons. The molecule has 0 aliphatic carbocycles. The van der Waals surface area contributed by atoms with E-state index in [2.05, 4.69) is 0 Å². The topological polar surface area (TPSA) is 63.0 Å². The fraction of sp³-hybridized carbons (Fsp3) is 0.444. The number of furan rings is 1. The van der Waals surface area contributed by atoms with Crippen molar-refractivity contribution < 1.29 is 18.7 Å². The van der Waals surface area contributed by atoms with Gasteiger partial charge in [0.1, 0.15) is 6.26 Å². The number of carbonyl (C=O) groups excluding carboxylic acids is 2. The van der Waals surface area contributed by atoms with Crippen LogP contribution in [0.4, 0.5) is 0 Å². The Balaban J connectivity index is 1.50. The summed E-state index contributed by atoms with van der Waals surface area (Å²) in [5.74, 6) is 0.0518. The lowest BCUT2D eigenvalue weighted by Gasteiger charge is -2.26. The van der Waals surface area contributed by atoms with Gasteiger partial charge in [-0.15, -0.1) is 11.3 Å². The molecule has 6 nitrogen and oxygen atoms in total. The maximum absolute atomic E-state index is 12.7. The van der Waals surface area contributed by atoms with Gasteiger partial charge in [-0.05, 0) is 31.0 Å². The van der Waals surface area contributed by atoms with Crippen molar-refractivity contribution in [1.82, 2.24) is 9.80 Å². The van der Waals surface area contributed by atoms with Gasteiger partial charge in [0.25, 0.3) is 11.8 Å². The Morgan fingerprint density at radius 3 is 2.68 bits per heavy atom. The second-order valence-electron chi connectivity index (χ2n) is 6.28. The predicted molar refractivity (Wildman–Crippen MR) is 92.8 cm³/mol. The summed E-state index contributed by atoms with van der Waals surface area (Å²) in [4.78, 5) is 30.8. The van der Waals surface area contributed by atoms with E-state index in [9.17, 15) is 9.59 Å². The first-order chi connectivity index (χ1) is 12.2. The first-order valence-corrected chi connectivity index (χ1v) is 9.35. The third kappa shape index (κ3) is 3.21. The van der Waals surface area contributed by atoms with Gasteiger partial charge in [-0.2, -0.15) is 0 Å². The molecule has 0 aromatic carbocycles. The molecule has 2 amide bonds. The summed E-state index contributed by atoms with van der Waals surface area (Å²) in [5.41, 5.74) is 0.577. The zero-order chi connectivity index (χ0) is 17.2.